The van der Waals surface area contributed by atoms with Crippen LogP contribution in [0.2, 0.25) is 0 Å². The summed E-state index contributed by atoms with van der Waals surface area (Å²) < 4.78 is 0. The molecule has 0 atom stereocenters. The molecule has 0 unspecified atom stereocenters. The smallest absolute Gasteiger partial charge is 0.272 e. The van der Waals surface area contributed by atoms with Crippen LogP contribution in [0, 0.1) is 17.0 Å². The largest absolute Gasteiger partial charge is 0.397 e. The Hall–Kier alpha value is -2.56. The Kier molecular flexibility index (Phi) is 2.89. The number of anilines is 2. The van der Waals surface area contributed by atoms with E-state index in [9.17, 15) is 10.1 Å². The Balaban J connectivity index is 2.54. The molecule has 0 saturated carbocycles. The molecule has 4 N–H and O–H groups in total. The van der Waals surface area contributed by atoms with Gasteiger partial charge in [-0.3, -0.25) is 10.1 Å². The lowest BCUT2D eigenvalue weighted by molar-refractivity contribution is -0.385. The normalized spacial score (nSPS) is 10.3. The summed E-state index contributed by atoms with van der Waals surface area (Å²) in [5, 5.41) is 10.9. The van der Waals surface area contributed by atoms with Gasteiger partial charge < -0.3 is 11.5 Å². The summed E-state index contributed by atoms with van der Waals surface area (Å²) in [6.07, 6.45) is 0. The van der Waals surface area contributed by atoms with Crippen molar-refractivity contribution in [1.29, 1.82) is 0 Å². The molecule has 0 aliphatic carbocycles. The van der Waals surface area contributed by atoms with Crippen LogP contribution in [0.1, 0.15) is 5.56 Å². The highest BCUT2D eigenvalue weighted by molar-refractivity contribution is 5.75. The number of aryl methyl sites for hydroxylation is 1. The summed E-state index contributed by atoms with van der Waals surface area (Å²) in [6.45, 7) is 1.71. The third kappa shape index (κ3) is 2.10. The van der Waals surface area contributed by atoms with E-state index in [4.69, 9.17) is 11.5 Å². The first-order valence-electron chi connectivity index (χ1n) is 5.39. The maximum atomic E-state index is 10.9. The monoisotopic (exact) mass is 243 g/mol. The van der Waals surface area contributed by atoms with Crippen molar-refractivity contribution < 1.29 is 4.92 Å². The molecule has 0 saturated heterocycles. The fraction of sp³-hybridized carbons (Fsp3) is 0.0769. The third-order valence-corrected chi connectivity index (χ3v) is 2.83. The van der Waals surface area contributed by atoms with Crippen molar-refractivity contribution in [3.05, 3.63) is 52.1 Å². The van der Waals surface area contributed by atoms with E-state index in [-0.39, 0.29) is 10.6 Å². The Morgan fingerprint density at radius 1 is 1.00 bits per heavy atom. The molecule has 0 spiro atoms. The number of hydrogen-bond donors (Lipinski definition) is 2. The van der Waals surface area contributed by atoms with Gasteiger partial charge in [-0.2, -0.15) is 0 Å². The number of nitro benzene ring substituents is 1. The van der Waals surface area contributed by atoms with Crippen LogP contribution in [0.15, 0.2) is 36.4 Å². The van der Waals surface area contributed by atoms with Gasteiger partial charge >= 0.3 is 0 Å². The van der Waals surface area contributed by atoms with E-state index >= 15 is 0 Å². The number of nitrogens with two attached hydrogens (primary N) is 2. The second kappa shape index (κ2) is 4.37. The van der Waals surface area contributed by atoms with Gasteiger partial charge in [0.15, 0.2) is 0 Å². The van der Waals surface area contributed by atoms with Gasteiger partial charge in [0.1, 0.15) is 0 Å². The van der Waals surface area contributed by atoms with Crippen LogP contribution in [0.3, 0.4) is 0 Å². The molecule has 0 fully saturated rings. The fourth-order valence-corrected chi connectivity index (χ4v) is 1.74. The SMILES string of the molecule is Cc1ccc(-c2ccc(N)c(N)c2)cc1[N+](=O)[O-]. The fourth-order valence-electron chi connectivity index (χ4n) is 1.74. The van der Waals surface area contributed by atoms with Gasteiger partial charge in [0, 0.05) is 11.6 Å². The van der Waals surface area contributed by atoms with Gasteiger partial charge in [0.05, 0.1) is 16.3 Å². The topological polar surface area (TPSA) is 95.2 Å². The maximum Gasteiger partial charge on any atom is 0.272 e. The molecular formula is C13H13N3O2. The van der Waals surface area contributed by atoms with Gasteiger partial charge in [-0.05, 0) is 30.2 Å². The zero-order valence-electron chi connectivity index (χ0n) is 9.88. The predicted octanol–water partition coefficient (Wildman–Crippen LogP) is 2.73. The summed E-state index contributed by atoms with van der Waals surface area (Å²) in [5.41, 5.74) is 14.6. The lowest BCUT2D eigenvalue weighted by Crippen LogP contribution is -1.95. The van der Waals surface area contributed by atoms with Crippen molar-refractivity contribution in [3.63, 3.8) is 0 Å². The van der Waals surface area contributed by atoms with Crippen molar-refractivity contribution in [2.75, 3.05) is 11.5 Å². The Morgan fingerprint density at radius 2 is 1.61 bits per heavy atom. The van der Waals surface area contributed by atoms with Crippen LogP contribution in [-0.4, -0.2) is 4.92 Å². The number of nitro groups is 1. The van der Waals surface area contributed by atoms with Gasteiger partial charge in [0.25, 0.3) is 5.69 Å². The first-order chi connectivity index (χ1) is 8.49. The van der Waals surface area contributed by atoms with Crippen molar-refractivity contribution >= 4 is 17.1 Å². The molecule has 5 nitrogen and oxygen atoms in total. The molecule has 0 amide bonds. The first kappa shape index (κ1) is 11.9. The number of hydrogen-bond acceptors (Lipinski definition) is 4. The van der Waals surface area contributed by atoms with E-state index in [1.165, 1.54) is 0 Å². The molecule has 0 aromatic heterocycles. The predicted molar refractivity (Wildman–Crippen MR) is 72.1 cm³/mol. The summed E-state index contributed by atoms with van der Waals surface area (Å²) in [4.78, 5) is 10.5. The molecule has 0 aliphatic heterocycles. The summed E-state index contributed by atoms with van der Waals surface area (Å²) in [6, 6.07) is 10.3. The Labute approximate surface area is 104 Å². The molecular weight excluding hydrogens is 230 g/mol. The highest BCUT2D eigenvalue weighted by Crippen LogP contribution is 2.29. The minimum absolute atomic E-state index is 0.0999. The average Bonchev–Trinajstić information content (AvgIpc) is 2.33. The number of benzene rings is 2. The molecule has 2 rings (SSSR count). The summed E-state index contributed by atoms with van der Waals surface area (Å²) in [7, 11) is 0. The maximum absolute atomic E-state index is 10.9. The number of rotatable bonds is 2. The zero-order valence-corrected chi connectivity index (χ0v) is 9.88. The minimum Gasteiger partial charge on any atom is -0.397 e. The van der Waals surface area contributed by atoms with E-state index in [0.29, 0.717) is 16.9 Å². The average molecular weight is 243 g/mol. The van der Waals surface area contributed by atoms with Crippen molar-refractivity contribution in [3.8, 4) is 11.1 Å². The van der Waals surface area contributed by atoms with Crippen LogP contribution < -0.4 is 11.5 Å². The van der Waals surface area contributed by atoms with Crippen LogP contribution in [-0.2, 0) is 0 Å². The van der Waals surface area contributed by atoms with Gasteiger partial charge in [-0.1, -0.05) is 18.2 Å². The van der Waals surface area contributed by atoms with E-state index in [1.807, 2.05) is 6.07 Å². The quantitative estimate of drug-likeness (QED) is 0.481. The second-order valence-corrected chi connectivity index (χ2v) is 4.10. The van der Waals surface area contributed by atoms with Crippen LogP contribution in [0.5, 0.6) is 0 Å². The van der Waals surface area contributed by atoms with E-state index < -0.39 is 0 Å². The van der Waals surface area contributed by atoms with Crippen molar-refractivity contribution in [2.24, 2.45) is 0 Å². The van der Waals surface area contributed by atoms with Crippen LogP contribution in [0.4, 0.5) is 17.1 Å². The Morgan fingerprint density at radius 3 is 2.22 bits per heavy atom. The number of nitrogens with zero attached hydrogens (tertiary/aromatic N) is 1. The molecule has 2 aromatic rings. The molecule has 18 heavy (non-hydrogen) atoms. The molecule has 0 heterocycles. The van der Waals surface area contributed by atoms with E-state index in [1.54, 1.807) is 37.3 Å². The minimum atomic E-state index is -0.389. The standard InChI is InChI=1S/C13H13N3O2/c1-8-2-3-10(7-13(8)16(17)18)9-4-5-11(14)12(15)6-9/h2-7H,14-15H2,1H3. The molecule has 0 aliphatic rings. The van der Waals surface area contributed by atoms with E-state index in [0.717, 1.165) is 11.1 Å². The molecule has 5 heteroatoms. The van der Waals surface area contributed by atoms with Gasteiger partial charge in [-0.25, -0.2) is 0 Å². The van der Waals surface area contributed by atoms with Crippen LogP contribution >= 0.6 is 0 Å². The molecule has 0 radical (unpaired) electrons. The number of nitrogen functional groups attached to an aromatic ring is 2. The van der Waals surface area contributed by atoms with Gasteiger partial charge in [0.2, 0.25) is 0 Å². The summed E-state index contributed by atoms with van der Waals surface area (Å²) in [5.74, 6) is 0. The summed E-state index contributed by atoms with van der Waals surface area (Å²) >= 11 is 0. The molecule has 2 aromatic carbocycles. The lowest BCUT2D eigenvalue weighted by Gasteiger charge is -2.06. The van der Waals surface area contributed by atoms with Crippen molar-refractivity contribution in [1.82, 2.24) is 0 Å². The second-order valence-electron chi connectivity index (χ2n) is 4.10. The third-order valence-electron chi connectivity index (χ3n) is 2.83. The molecule has 92 valence electrons. The lowest BCUT2D eigenvalue weighted by atomic mass is 10.0. The highest BCUT2D eigenvalue weighted by atomic mass is 16.6. The Bertz CT molecular complexity index is 624. The zero-order chi connectivity index (χ0) is 13.3. The van der Waals surface area contributed by atoms with Gasteiger partial charge in [-0.15, -0.1) is 0 Å². The van der Waals surface area contributed by atoms with Crippen LogP contribution in [0.25, 0.3) is 11.1 Å². The van der Waals surface area contributed by atoms with Crippen molar-refractivity contribution in [2.45, 2.75) is 6.92 Å². The molecule has 0 bridgehead atoms. The van der Waals surface area contributed by atoms with E-state index in [2.05, 4.69) is 0 Å². The highest BCUT2D eigenvalue weighted by Gasteiger charge is 2.12. The first-order valence-corrected chi connectivity index (χ1v) is 5.39.